The van der Waals surface area contributed by atoms with Crippen molar-refractivity contribution in [3.05, 3.63) is 64.4 Å². The van der Waals surface area contributed by atoms with Crippen LogP contribution < -0.4 is 19.1 Å². The number of hydrogen-bond donors (Lipinski definition) is 0. The maximum atomic E-state index is 13.6. The predicted molar refractivity (Wildman–Crippen MR) is 184 cm³/mol. The zero-order chi connectivity index (χ0) is 32.5. The summed E-state index contributed by atoms with van der Waals surface area (Å²) in [6.07, 6.45) is 2.03. The summed E-state index contributed by atoms with van der Waals surface area (Å²) in [7, 11) is 6.54. The number of carbonyl (C=O) groups excluding carboxylic acids is 1. The smallest absolute Gasteiger partial charge is 0.253 e. The van der Waals surface area contributed by atoms with Gasteiger partial charge in [0.15, 0.2) is 11.5 Å². The Morgan fingerprint density at radius 3 is 2.46 bits per heavy atom. The standard InChI is InChI=1S/C35H47N5O5S/c1-6-45-21-20-40-29-12-8-7-11-28(29)36-35(40)39-16-10-15-38(18-19-39)17-14-26(32-13-9-22-46-32)25-37(2)34(41)27-23-30(42-3)33(44-5)31(24-27)43-4/h7-9,11-13,22-24,26H,6,10,14-21,25H2,1-5H3. The van der Waals surface area contributed by atoms with E-state index in [1.165, 1.54) is 4.88 Å². The highest BCUT2D eigenvalue weighted by atomic mass is 32.1. The average molecular weight is 650 g/mol. The van der Waals surface area contributed by atoms with Gasteiger partial charge in [0.25, 0.3) is 5.91 Å². The van der Waals surface area contributed by atoms with Crippen molar-refractivity contribution in [1.82, 2.24) is 19.4 Å². The number of amides is 1. The Hall–Kier alpha value is -3.80. The molecule has 3 heterocycles. The first-order chi connectivity index (χ1) is 22.5. The van der Waals surface area contributed by atoms with Gasteiger partial charge in [-0.15, -0.1) is 11.3 Å². The number of nitrogens with zero attached hydrogens (tertiary/aromatic N) is 5. The van der Waals surface area contributed by atoms with E-state index >= 15 is 0 Å². The van der Waals surface area contributed by atoms with Crippen LogP contribution in [0.3, 0.4) is 0 Å². The quantitative estimate of drug-likeness (QED) is 0.154. The second-order valence-electron chi connectivity index (χ2n) is 11.5. The first-order valence-corrected chi connectivity index (χ1v) is 16.9. The highest BCUT2D eigenvalue weighted by Gasteiger charge is 2.25. The summed E-state index contributed by atoms with van der Waals surface area (Å²) in [6, 6.07) is 16.1. The summed E-state index contributed by atoms with van der Waals surface area (Å²) >= 11 is 1.76. The van der Waals surface area contributed by atoms with Crippen LogP contribution in [-0.4, -0.2) is 106 Å². The molecule has 5 rings (SSSR count). The topological polar surface area (TPSA) is 81.5 Å². The molecule has 0 spiro atoms. The zero-order valence-electron chi connectivity index (χ0n) is 27.7. The Labute approximate surface area is 276 Å². The molecule has 1 amide bonds. The van der Waals surface area contributed by atoms with Crippen LogP contribution in [0.4, 0.5) is 5.95 Å². The van der Waals surface area contributed by atoms with Crippen molar-refractivity contribution in [2.45, 2.75) is 32.2 Å². The van der Waals surface area contributed by atoms with Gasteiger partial charge in [0, 0.05) is 62.7 Å². The lowest BCUT2D eigenvalue weighted by atomic mass is 10.0. The summed E-state index contributed by atoms with van der Waals surface area (Å²) in [5, 5.41) is 2.12. The van der Waals surface area contributed by atoms with Crippen LogP contribution in [0.15, 0.2) is 53.9 Å². The minimum atomic E-state index is -0.0848. The Bertz CT molecular complexity index is 1530. The van der Waals surface area contributed by atoms with Crippen LogP contribution in [0.1, 0.15) is 40.9 Å². The Morgan fingerprint density at radius 1 is 0.978 bits per heavy atom. The second kappa shape index (κ2) is 16.2. The van der Waals surface area contributed by atoms with E-state index in [1.54, 1.807) is 44.8 Å². The lowest BCUT2D eigenvalue weighted by Gasteiger charge is -2.27. The zero-order valence-corrected chi connectivity index (χ0v) is 28.6. The lowest BCUT2D eigenvalue weighted by molar-refractivity contribution is 0.0782. The van der Waals surface area contributed by atoms with Crippen LogP contribution >= 0.6 is 11.3 Å². The fraction of sp³-hybridized carbons (Fsp3) is 0.486. The molecule has 2 aromatic carbocycles. The molecule has 0 N–H and O–H groups in total. The van der Waals surface area contributed by atoms with Crippen molar-refractivity contribution in [3.63, 3.8) is 0 Å². The molecule has 1 aliphatic rings. The number of para-hydroxylation sites is 2. The monoisotopic (exact) mass is 649 g/mol. The molecule has 1 fully saturated rings. The molecule has 1 atom stereocenters. The first kappa shape index (κ1) is 33.6. The molecule has 248 valence electrons. The van der Waals surface area contributed by atoms with Gasteiger partial charge in [-0.2, -0.15) is 0 Å². The number of fused-ring (bicyclic) bond motifs is 1. The molecule has 0 radical (unpaired) electrons. The lowest BCUT2D eigenvalue weighted by Crippen LogP contribution is -2.35. The normalized spacial score (nSPS) is 14.7. The fourth-order valence-corrected chi connectivity index (χ4v) is 7.10. The van der Waals surface area contributed by atoms with Crippen molar-refractivity contribution >= 4 is 34.2 Å². The number of rotatable bonds is 15. The number of anilines is 1. The molecule has 10 nitrogen and oxygen atoms in total. The third-order valence-electron chi connectivity index (χ3n) is 8.66. The molecular formula is C35H47N5O5S. The number of imidazole rings is 1. The number of thiophene rings is 1. The van der Waals surface area contributed by atoms with Gasteiger partial charge in [0.1, 0.15) is 0 Å². The number of carbonyl (C=O) groups is 1. The van der Waals surface area contributed by atoms with E-state index in [2.05, 4.69) is 56.1 Å². The molecule has 0 bridgehead atoms. The van der Waals surface area contributed by atoms with E-state index in [0.29, 0.717) is 42.6 Å². The van der Waals surface area contributed by atoms with E-state index in [0.717, 1.165) is 69.1 Å². The highest BCUT2D eigenvalue weighted by molar-refractivity contribution is 7.10. The molecule has 1 saturated heterocycles. The van der Waals surface area contributed by atoms with Crippen LogP contribution in [-0.2, 0) is 11.3 Å². The molecular weight excluding hydrogens is 602 g/mol. The van der Waals surface area contributed by atoms with Crippen LogP contribution in [0.25, 0.3) is 11.0 Å². The Morgan fingerprint density at radius 2 is 1.76 bits per heavy atom. The summed E-state index contributed by atoms with van der Waals surface area (Å²) < 4.78 is 24.4. The van der Waals surface area contributed by atoms with E-state index in [9.17, 15) is 4.79 Å². The third kappa shape index (κ3) is 7.76. The Kier molecular flexibility index (Phi) is 11.8. The van der Waals surface area contributed by atoms with Gasteiger partial charge in [0.2, 0.25) is 11.7 Å². The third-order valence-corrected chi connectivity index (χ3v) is 9.70. The van der Waals surface area contributed by atoms with Crippen LogP contribution in [0, 0.1) is 0 Å². The van der Waals surface area contributed by atoms with Gasteiger partial charge >= 0.3 is 0 Å². The summed E-state index contributed by atoms with van der Waals surface area (Å²) in [4.78, 5) is 26.8. The molecule has 0 saturated carbocycles. The van der Waals surface area contributed by atoms with Gasteiger partial charge in [-0.1, -0.05) is 18.2 Å². The van der Waals surface area contributed by atoms with E-state index in [1.807, 2.05) is 18.9 Å². The largest absolute Gasteiger partial charge is 0.493 e. The number of aromatic nitrogens is 2. The Balaban J connectivity index is 1.24. The van der Waals surface area contributed by atoms with Crippen molar-refractivity contribution in [2.24, 2.45) is 0 Å². The number of likely N-dealkylation sites (N-methyl/N-ethyl adjacent to an activating group) is 1. The minimum Gasteiger partial charge on any atom is -0.493 e. The number of ether oxygens (including phenoxy) is 4. The molecule has 46 heavy (non-hydrogen) atoms. The molecule has 0 aliphatic carbocycles. The fourth-order valence-electron chi connectivity index (χ4n) is 6.24. The van der Waals surface area contributed by atoms with Crippen molar-refractivity contribution in [1.29, 1.82) is 0 Å². The number of hydrogen-bond acceptors (Lipinski definition) is 9. The molecule has 4 aromatic rings. The van der Waals surface area contributed by atoms with Gasteiger partial charge in [-0.3, -0.25) is 4.79 Å². The van der Waals surface area contributed by atoms with E-state index < -0.39 is 0 Å². The SMILES string of the molecule is CCOCCn1c(N2CCCN(CCC(CN(C)C(=O)c3cc(OC)c(OC)c(OC)c3)c3cccs3)CC2)nc2ccccc21. The van der Waals surface area contributed by atoms with Gasteiger partial charge < -0.3 is 38.2 Å². The van der Waals surface area contributed by atoms with Crippen molar-refractivity contribution in [2.75, 3.05) is 85.8 Å². The molecule has 2 aromatic heterocycles. The van der Waals surface area contributed by atoms with Crippen molar-refractivity contribution < 1.29 is 23.7 Å². The van der Waals surface area contributed by atoms with E-state index in [4.69, 9.17) is 23.9 Å². The van der Waals surface area contributed by atoms with Crippen molar-refractivity contribution in [3.8, 4) is 17.2 Å². The van der Waals surface area contributed by atoms with E-state index in [-0.39, 0.29) is 11.8 Å². The predicted octanol–water partition coefficient (Wildman–Crippen LogP) is 5.62. The van der Waals surface area contributed by atoms with Crippen LogP contribution in [0.2, 0.25) is 0 Å². The highest BCUT2D eigenvalue weighted by Crippen LogP contribution is 2.38. The molecule has 1 unspecified atom stereocenters. The minimum absolute atomic E-state index is 0.0848. The van der Waals surface area contributed by atoms with Gasteiger partial charge in [-0.25, -0.2) is 4.98 Å². The van der Waals surface area contributed by atoms with Gasteiger partial charge in [0.05, 0.1) is 39.0 Å². The second-order valence-corrected chi connectivity index (χ2v) is 12.5. The maximum Gasteiger partial charge on any atom is 0.253 e. The summed E-state index contributed by atoms with van der Waals surface area (Å²) in [5.74, 6) is 2.57. The molecule has 1 aliphatic heterocycles. The summed E-state index contributed by atoms with van der Waals surface area (Å²) in [6.45, 7) is 9.66. The number of methoxy groups -OCH3 is 3. The van der Waals surface area contributed by atoms with Gasteiger partial charge in [-0.05, 0) is 68.6 Å². The number of benzene rings is 2. The first-order valence-electron chi connectivity index (χ1n) is 16.1. The maximum absolute atomic E-state index is 13.6. The summed E-state index contributed by atoms with van der Waals surface area (Å²) in [5.41, 5.74) is 2.68. The van der Waals surface area contributed by atoms with Crippen LogP contribution in [0.5, 0.6) is 17.2 Å². The molecule has 11 heteroatoms. The average Bonchev–Trinajstić information content (AvgIpc) is 3.69.